The number of fused-ring (bicyclic) bond motifs is 1. The van der Waals surface area contributed by atoms with E-state index in [2.05, 4.69) is 16.3 Å². The number of benzene rings is 2. The Labute approximate surface area is 161 Å². The molecule has 1 aliphatic heterocycles. The van der Waals surface area contributed by atoms with Crippen LogP contribution in [-0.4, -0.2) is 33.0 Å². The molecule has 0 aliphatic carbocycles. The van der Waals surface area contributed by atoms with Gasteiger partial charge in [0.1, 0.15) is 5.82 Å². The van der Waals surface area contributed by atoms with Crippen LogP contribution in [0.15, 0.2) is 53.7 Å². The molecule has 0 N–H and O–H groups in total. The molecule has 2 aromatic carbocycles. The van der Waals surface area contributed by atoms with E-state index < -0.39 is 0 Å². The molecule has 7 heteroatoms. The number of thioether (sulfide) groups is 1. The number of halogens is 1. The van der Waals surface area contributed by atoms with Crippen molar-refractivity contribution in [1.29, 1.82) is 0 Å². The SMILES string of the molecule is Cn1c(SCC(=O)N2CCCc3ccccc32)nnc1-c1ccccc1F. The first-order chi connectivity index (χ1) is 13.1. The molecule has 1 aliphatic rings. The van der Waals surface area contributed by atoms with E-state index in [-0.39, 0.29) is 17.5 Å². The Morgan fingerprint density at radius 1 is 1.15 bits per heavy atom. The maximum absolute atomic E-state index is 14.0. The Morgan fingerprint density at radius 3 is 2.78 bits per heavy atom. The summed E-state index contributed by atoms with van der Waals surface area (Å²) in [6.45, 7) is 0.732. The van der Waals surface area contributed by atoms with Crippen molar-refractivity contribution >= 4 is 23.4 Å². The second-order valence-electron chi connectivity index (χ2n) is 6.41. The Morgan fingerprint density at radius 2 is 1.93 bits per heavy atom. The fourth-order valence-electron chi connectivity index (χ4n) is 3.31. The second kappa shape index (κ2) is 7.52. The maximum atomic E-state index is 14.0. The largest absolute Gasteiger partial charge is 0.311 e. The molecule has 0 saturated heterocycles. The van der Waals surface area contributed by atoms with E-state index in [1.165, 1.54) is 23.4 Å². The van der Waals surface area contributed by atoms with Gasteiger partial charge in [0.05, 0.1) is 11.3 Å². The molecule has 0 atom stereocenters. The summed E-state index contributed by atoms with van der Waals surface area (Å²) < 4.78 is 15.7. The first-order valence-electron chi connectivity index (χ1n) is 8.80. The van der Waals surface area contributed by atoms with Crippen LogP contribution in [0.1, 0.15) is 12.0 Å². The third-order valence-electron chi connectivity index (χ3n) is 4.69. The van der Waals surface area contributed by atoms with E-state index in [1.54, 1.807) is 29.8 Å². The van der Waals surface area contributed by atoms with E-state index in [1.807, 2.05) is 23.1 Å². The lowest BCUT2D eigenvalue weighted by Gasteiger charge is -2.29. The van der Waals surface area contributed by atoms with Gasteiger partial charge in [-0.05, 0) is 36.6 Å². The van der Waals surface area contributed by atoms with Gasteiger partial charge in [-0.1, -0.05) is 42.1 Å². The number of hydrogen-bond acceptors (Lipinski definition) is 4. The maximum Gasteiger partial charge on any atom is 0.237 e. The molecule has 4 rings (SSSR count). The van der Waals surface area contributed by atoms with E-state index in [0.29, 0.717) is 16.5 Å². The van der Waals surface area contributed by atoms with Crippen LogP contribution in [0.3, 0.4) is 0 Å². The molecule has 2 heterocycles. The van der Waals surface area contributed by atoms with Gasteiger partial charge in [0, 0.05) is 19.3 Å². The summed E-state index contributed by atoms with van der Waals surface area (Å²) in [7, 11) is 1.78. The van der Waals surface area contributed by atoms with Gasteiger partial charge in [-0.15, -0.1) is 10.2 Å². The Bertz CT molecular complexity index is 988. The number of carbonyl (C=O) groups is 1. The minimum absolute atomic E-state index is 0.0441. The van der Waals surface area contributed by atoms with Crippen molar-refractivity contribution in [2.24, 2.45) is 7.05 Å². The predicted octanol–water partition coefficient (Wildman–Crippen LogP) is 3.69. The van der Waals surface area contributed by atoms with Crippen LogP contribution in [0.25, 0.3) is 11.4 Å². The lowest BCUT2D eigenvalue weighted by molar-refractivity contribution is -0.116. The summed E-state index contributed by atoms with van der Waals surface area (Å²) in [5.41, 5.74) is 2.61. The van der Waals surface area contributed by atoms with Crippen molar-refractivity contribution in [3.05, 3.63) is 59.9 Å². The van der Waals surface area contributed by atoms with Crippen LogP contribution in [0.5, 0.6) is 0 Å². The molecule has 0 spiro atoms. The van der Waals surface area contributed by atoms with Gasteiger partial charge in [-0.25, -0.2) is 4.39 Å². The molecule has 0 radical (unpaired) electrons. The van der Waals surface area contributed by atoms with Gasteiger partial charge in [0.2, 0.25) is 5.91 Å². The molecule has 5 nitrogen and oxygen atoms in total. The summed E-state index contributed by atoms with van der Waals surface area (Å²) >= 11 is 1.32. The first-order valence-corrected chi connectivity index (χ1v) is 9.79. The van der Waals surface area contributed by atoms with Crippen molar-refractivity contribution in [3.8, 4) is 11.4 Å². The molecule has 0 unspecified atom stereocenters. The number of carbonyl (C=O) groups excluding carboxylic acids is 1. The Hall–Kier alpha value is -2.67. The average molecular weight is 382 g/mol. The molecular weight excluding hydrogens is 363 g/mol. The van der Waals surface area contributed by atoms with Crippen LogP contribution in [0, 0.1) is 5.82 Å². The highest BCUT2D eigenvalue weighted by Crippen LogP contribution is 2.29. The molecular formula is C20H19FN4OS. The van der Waals surface area contributed by atoms with Gasteiger partial charge in [-0.3, -0.25) is 4.79 Å². The summed E-state index contributed by atoms with van der Waals surface area (Å²) in [5.74, 6) is 0.414. The molecule has 1 amide bonds. The minimum atomic E-state index is -0.342. The van der Waals surface area contributed by atoms with Crippen LogP contribution in [0.4, 0.5) is 10.1 Å². The molecule has 27 heavy (non-hydrogen) atoms. The number of aromatic nitrogens is 3. The number of amides is 1. The summed E-state index contributed by atoms with van der Waals surface area (Å²) in [6.07, 6.45) is 1.97. The van der Waals surface area contributed by atoms with Crippen molar-refractivity contribution in [2.75, 3.05) is 17.2 Å². The number of hydrogen-bond donors (Lipinski definition) is 0. The molecule has 1 aromatic heterocycles. The van der Waals surface area contributed by atoms with E-state index >= 15 is 0 Å². The number of aryl methyl sites for hydroxylation is 1. The van der Waals surface area contributed by atoms with Gasteiger partial charge in [0.15, 0.2) is 11.0 Å². The third-order valence-corrected chi connectivity index (χ3v) is 5.69. The number of para-hydroxylation sites is 1. The zero-order valence-electron chi connectivity index (χ0n) is 14.9. The van der Waals surface area contributed by atoms with Crippen LogP contribution in [-0.2, 0) is 18.3 Å². The van der Waals surface area contributed by atoms with Crippen molar-refractivity contribution in [2.45, 2.75) is 18.0 Å². The molecule has 0 saturated carbocycles. The minimum Gasteiger partial charge on any atom is -0.311 e. The van der Waals surface area contributed by atoms with Crippen molar-refractivity contribution in [1.82, 2.24) is 14.8 Å². The van der Waals surface area contributed by atoms with Crippen LogP contribution in [0.2, 0.25) is 0 Å². The molecule has 138 valence electrons. The number of rotatable bonds is 4. The fourth-order valence-corrected chi connectivity index (χ4v) is 4.10. The van der Waals surface area contributed by atoms with Crippen molar-refractivity contribution < 1.29 is 9.18 Å². The Balaban J connectivity index is 1.49. The zero-order chi connectivity index (χ0) is 18.8. The number of nitrogens with zero attached hydrogens (tertiary/aromatic N) is 4. The van der Waals surface area contributed by atoms with Gasteiger partial charge >= 0.3 is 0 Å². The van der Waals surface area contributed by atoms with E-state index in [4.69, 9.17) is 0 Å². The van der Waals surface area contributed by atoms with Gasteiger partial charge < -0.3 is 9.47 Å². The standard InChI is InChI=1S/C20H19FN4OS/c1-24-19(15-9-3-4-10-16(15)21)22-23-20(24)27-13-18(26)25-12-6-8-14-7-2-5-11-17(14)25/h2-5,7,9-11H,6,8,12-13H2,1H3. The van der Waals surface area contributed by atoms with Crippen molar-refractivity contribution in [3.63, 3.8) is 0 Å². The molecule has 0 fully saturated rings. The summed E-state index contributed by atoms with van der Waals surface area (Å²) in [4.78, 5) is 14.6. The Kier molecular flexibility index (Phi) is 4.94. The normalized spacial score (nSPS) is 13.5. The van der Waals surface area contributed by atoms with Crippen LogP contribution < -0.4 is 4.90 Å². The predicted molar refractivity (Wildman–Crippen MR) is 104 cm³/mol. The highest BCUT2D eigenvalue weighted by molar-refractivity contribution is 7.99. The third kappa shape index (κ3) is 3.47. The molecule has 3 aromatic rings. The fraction of sp³-hybridized carbons (Fsp3) is 0.250. The van der Waals surface area contributed by atoms with Gasteiger partial charge in [0.25, 0.3) is 0 Å². The summed E-state index contributed by atoms with van der Waals surface area (Å²) in [6, 6.07) is 14.5. The first kappa shape index (κ1) is 17.7. The average Bonchev–Trinajstić information content (AvgIpc) is 3.06. The molecule has 0 bridgehead atoms. The monoisotopic (exact) mass is 382 g/mol. The smallest absolute Gasteiger partial charge is 0.237 e. The van der Waals surface area contributed by atoms with Crippen LogP contribution >= 0.6 is 11.8 Å². The highest BCUT2D eigenvalue weighted by Gasteiger charge is 2.23. The quantitative estimate of drug-likeness (QED) is 0.646. The lowest BCUT2D eigenvalue weighted by Crippen LogP contribution is -2.36. The zero-order valence-corrected chi connectivity index (χ0v) is 15.7. The lowest BCUT2D eigenvalue weighted by atomic mass is 10.0. The number of anilines is 1. The summed E-state index contributed by atoms with van der Waals surface area (Å²) in [5, 5.41) is 8.82. The van der Waals surface area contributed by atoms with E-state index in [0.717, 1.165) is 25.1 Å². The topological polar surface area (TPSA) is 51.0 Å². The highest BCUT2D eigenvalue weighted by atomic mass is 32.2. The second-order valence-corrected chi connectivity index (χ2v) is 7.35. The van der Waals surface area contributed by atoms with Gasteiger partial charge in [-0.2, -0.15) is 0 Å². The van der Waals surface area contributed by atoms with E-state index in [9.17, 15) is 9.18 Å².